The van der Waals surface area contributed by atoms with Crippen LogP contribution in [0.15, 0.2) is 33.5 Å². The van der Waals surface area contributed by atoms with Crippen LogP contribution in [-0.2, 0) is 14.8 Å². The number of rotatable bonds is 6. The summed E-state index contributed by atoms with van der Waals surface area (Å²) in [4.78, 5) is 14.8. The van der Waals surface area contributed by atoms with E-state index in [4.69, 9.17) is 0 Å². The standard InChI is InChI=1S/C18H24N4O3S3/c1-12(2)17-21(16(23)11-26-18-20-19-14(4)27-18)9-10-22(17)28(24,25)15-7-5-13(3)6-8-15/h5-8,12,17H,9-11H2,1-4H3/t17-/m0/s1. The molecule has 7 nitrogen and oxygen atoms in total. The van der Waals surface area contributed by atoms with Gasteiger partial charge < -0.3 is 4.90 Å². The van der Waals surface area contributed by atoms with Crippen molar-refractivity contribution in [1.82, 2.24) is 19.4 Å². The summed E-state index contributed by atoms with van der Waals surface area (Å²) in [7, 11) is -3.67. The molecule has 152 valence electrons. The zero-order chi connectivity index (χ0) is 20.5. The van der Waals surface area contributed by atoms with Crippen molar-refractivity contribution in [2.75, 3.05) is 18.8 Å². The number of carbonyl (C=O) groups excluding carboxylic acids is 1. The van der Waals surface area contributed by atoms with Gasteiger partial charge in [0.05, 0.1) is 10.6 Å². The van der Waals surface area contributed by atoms with E-state index in [1.807, 2.05) is 27.7 Å². The lowest BCUT2D eigenvalue weighted by Gasteiger charge is -2.32. The van der Waals surface area contributed by atoms with Crippen molar-refractivity contribution in [2.24, 2.45) is 5.92 Å². The fourth-order valence-electron chi connectivity index (χ4n) is 3.24. The lowest BCUT2D eigenvalue weighted by molar-refractivity contribution is -0.130. The van der Waals surface area contributed by atoms with Gasteiger partial charge in [0.1, 0.15) is 11.2 Å². The van der Waals surface area contributed by atoms with Gasteiger partial charge in [0.15, 0.2) is 4.34 Å². The second-order valence-corrected chi connectivity index (χ2v) is 11.3. The molecule has 2 heterocycles. The van der Waals surface area contributed by atoms with Crippen LogP contribution in [0.1, 0.15) is 24.4 Å². The van der Waals surface area contributed by atoms with Gasteiger partial charge in [-0.3, -0.25) is 4.79 Å². The Hall–Kier alpha value is -1.49. The van der Waals surface area contributed by atoms with Crippen LogP contribution in [0, 0.1) is 19.8 Å². The Balaban J connectivity index is 1.77. The van der Waals surface area contributed by atoms with Crippen LogP contribution < -0.4 is 0 Å². The third-order valence-electron chi connectivity index (χ3n) is 4.55. The first-order chi connectivity index (χ1) is 13.2. The second kappa shape index (κ2) is 8.48. The van der Waals surface area contributed by atoms with E-state index in [2.05, 4.69) is 10.2 Å². The summed E-state index contributed by atoms with van der Waals surface area (Å²) in [6, 6.07) is 6.83. The fraction of sp³-hybridized carbons (Fsp3) is 0.500. The third kappa shape index (κ3) is 4.40. The van der Waals surface area contributed by atoms with Crippen LogP contribution in [0.4, 0.5) is 0 Å². The van der Waals surface area contributed by atoms with E-state index >= 15 is 0 Å². The number of thioether (sulfide) groups is 1. The SMILES string of the molecule is Cc1ccc(S(=O)(=O)N2CCN(C(=O)CSc3nnc(C)s3)[C@@H]2C(C)C)cc1. The maximum atomic E-state index is 13.2. The van der Waals surface area contributed by atoms with Gasteiger partial charge in [0.2, 0.25) is 15.9 Å². The predicted molar refractivity (Wildman–Crippen MR) is 111 cm³/mol. The molecule has 0 bridgehead atoms. The Morgan fingerprint density at radius 3 is 2.46 bits per heavy atom. The second-order valence-electron chi connectivity index (χ2n) is 7.05. The molecule has 0 N–H and O–H groups in total. The molecule has 1 amide bonds. The van der Waals surface area contributed by atoms with Crippen molar-refractivity contribution in [3.63, 3.8) is 0 Å². The molecule has 1 aromatic heterocycles. The highest BCUT2D eigenvalue weighted by molar-refractivity contribution is 8.01. The largest absolute Gasteiger partial charge is 0.324 e. The zero-order valence-corrected chi connectivity index (χ0v) is 18.8. The molecule has 0 unspecified atom stereocenters. The van der Waals surface area contributed by atoms with Crippen molar-refractivity contribution >= 4 is 39.0 Å². The smallest absolute Gasteiger partial charge is 0.244 e. The minimum Gasteiger partial charge on any atom is -0.324 e. The summed E-state index contributed by atoms with van der Waals surface area (Å²) in [5.74, 6) is 0.106. The molecule has 2 aromatic rings. The van der Waals surface area contributed by atoms with Crippen LogP contribution in [0.2, 0.25) is 0 Å². The molecule has 0 saturated carbocycles. The number of benzene rings is 1. The fourth-order valence-corrected chi connectivity index (χ4v) is 6.66. The van der Waals surface area contributed by atoms with E-state index in [1.165, 1.54) is 27.4 Å². The highest BCUT2D eigenvalue weighted by atomic mass is 32.2. The average Bonchev–Trinajstić information content (AvgIpc) is 3.26. The van der Waals surface area contributed by atoms with E-state index in [0.29, 0.717) is 13.1 Å². The normalized spacial score (nSPS) is 18.2. The zero-order valence-electron chi connectivity index (χ0n) is 16.3. The molecule has 0 spiro atoms. The molecule has 1 aromatic carbocycles. The molecule has 1 saturated heterocycles. The first-order valence-corrected chi connectivity index (χ1v) is 12.2. The molecule has 0 aliphatic carbocycles. The van der Waals surface area contributed by atoms with E-state index in [-0.39, 0.29) is 22.5 Å². The molecule has 1 aliphatic heterocycles. The van der Waals surface area contributed by atoms with E-state index in [9.17, 15) is 13.2 Å². The monoisotopic (exact) mass is 440 g/mol. The van der Waals surface area contributed by atoms with Crippen LogP contribution in [0.3, 0.4) is 0 Å². The van der Waals surface area contributed by atoms with Gasteiger partial charge >= 0.3 is 0 Å². The van der Waals surface area contributed by atoms with Crippen molar-refractivity contribution in [1.29, 1.82) is 0 Å². The predicted octanol–water partition coefficient (Wildman–Crippen LogP) is 2.76. The van der Waals surface area contributed by atoms with Gasteiger partial charge in [-0.1, -0.05) is 54.6 Å². The number of aromatic nitrogens is 2. The van der Waals surface area contributed by atoms with Crippen molar-refractivity contribution in [2.45, 2.75) is 43.1 Å². The first-order valence-electron chi connectivity index (χ1n) is 9.01. The van der Waals surface area contributed by atoms with E-state index < -0.39 is 16.2 Å². The number of hydrogen-bond donors (Lipinski definition) is 0. The summed E-state index contributed by atoms with van der Waals surface area (Å²) in [6.07, 6.45) is -0.490. The Labute approximate surface area is 174 Å². The van der Waals surface area contributed by atoms with Gasteiger partial charge in [-0.05, 0) is 31.9 Å². The summed E-state index contributed by atoms with van der Waals surface area (Å²) in [5.41, 5.74) is 1.00. The number of sulfonamides is 1. The maximum Gasteiger partial charge on any atom is 0.244 e. The Bertz CT molecular complexity index is 941. The lowest BCUT2D eigenvalue weighted by Crippen LogP contribution is -2.48. The Kier molecular flexibility index (Phi) is 6.43. The molecule has 1 fully saturated rings. The maximum absolute atomic E-state index is 13.2. The summed E-state index contributed by atoms with van der Waals surface area (Å²) in [5, 5.41) is 8.83. The van der Waals surface area contributed by atoms with Gasteiger partial charge in [-0.25, -0.2) is 8.42 Å². The van der Waals surface area contributed by atoms with Gasteiger partial charge in [0.25, 0.3) is 0 Å². The van der Waals surface area contributed by atoms with Gasteiger partial charge in [-0.15, -0.1) is 10.2 Å². The van der Waals surface area contributed by atoms with Crippen LogP contribution in [0.25, 0.3) is 0 Å². The van der Waals surface area contributed by atoms with Crippen LogP contribution >= 0.6 is 23.1 Å². The van der Waals surface area contributed by atoms with E-state index in [0.717, 1.165) is 14.9 Å². The minimum absolute atomic E-state index is 0.0274. The number of amides is 1. The quantitative estimate of drug-likeness (QED) is 0.642. The number of hydrogen-bond acceptors (Lipinski definition) is 7. The lowest BCUT2D eigenvalue weighted by atomic mass is 10.1. The highest BCUT2D eigenvalue weighted by Crippen LogP contribution is 2.30. The van der Waals surface area contributed by atoms with Crippen molar-refractivity contribution in [3.8, 4) is 0 Å². The Morgan fingerprint density at radius 1 is 1.21 bits per heavy atom. The van der Waals surface area contributed by atoms with Crippen molar-refractivity contribution in [3.05, 3.63) is 34.8 Å². The molecule has 28 heavy (non-hydrogen) atoms. The van der Waals surface area contributed by atoms with Crippen LogP contribution in [0.5, 0.6) is 0 Å². The molecular weight excluding hydrogens is 416 g/mol. The summed E-state index contributed by atoms with van der Waals surface area (Å²) in [6.45, 7) is 8.35. The number of nitrogens with zero attached hydrogens (tertiary/aromatic N) is 4. The molecular formula is C18H24N4O3S3. The molecule has 1 aliphatic rings. The topological polar surface area (TPSA) is 83.5 Å². The van der Waals surface area contributed by atoms with E-state index in [1.54, 1.807) is 29.2 Å². The summed E-state index contributed by atoms with van der Waals surface area (Å²) < 4.78 is 28.6. The minimum atomic E-state index is -3.67. The summed E-state index contributed by atoms with van der Waals surface area (Å²) >= 11 is 2.79. The number of aryl methyl sites for hydroxylation is 2. The molecule has 10 heteroatoms. The van der Waals surface area contributed by atoms with Gasteiger partial charge in [-0.2, -0.15) is 4.31 Å². The first kappa shape index (κ1) is 21.2. The van der Waals surface area contributed by atoms with Crippen LogP contribution in [-0.4, -0.2) is 58.7 Å². The van der Waals surface area contributed by atoms with Gasteiger partial charge in [0, 0.05) is 13.1 Å². The molecule has 3 rings (SSSR count). The average molecular weight is 441 g/mol. The Morgan fingerprint density at radius 2 is 1.89 bits per heavy atom. The third-order valence-corrected chi connectivity index (χ3v) is 8.39. The number of carbonyl (C=O) groups is 1. The molecule has 1 atom stereocenters. The highest BCUT2D eigenvalue weighted by Gasteiger charge is 2.43. The van der Waals surface area contributed by atoms with Crippen molar-refractivity contribution < 1.29 is 13.2 Å². The molecule has 0 radical (unpaired) electrons.